The summed E-state index contributed by atoms with van der Waals surface area (Å²) in [6.45, 7) is 1.88. The Balaban J connectivity index is 2.35. The van der Waals surface area contributed by atoms with Crippen LogP contribution in [0.1, 0.15) is 5.56 Å². The third-order valence-corrected chi connectivity index (χ3v) is 3.85. The average Bonchev–Trinajstić information content (AvgIpc) is 2.17. The lowest BCUT2D eigenvalue weighted by Crippen LogP contribution is -2.02. The maximum absolute atomic E-state index is 11.8. The highest BCUT2D eigenvalue weighted by molar-refractivity contribution is 8.03. The van der Waals surface area contributed by atoms with Crippen LogP contribution in [0.3, 0.4) is 0 Å². The molecule has 0 fully saturated rings. The molecule has 16 heavy (non-hydrogen) atoms. The summed E-state index contributed by atoms with van der Waals surface area (Å²) in [6.07, 6.45) is 0. The van der Waals surface area contributed by atoms with Crippen molar-refractivity contribution in [2.24, 2.45) is 0 Å². The fourth-order valence-electron chi connectivity index (χ4n) is 1.05. The van der Waals surface area contributed by atoms with Crippen LogP contribution in [0, 0.1) is 6.92 Å². The summed E-state index contributed by atoms with van der Waals surface area (Å²) in [5.41, 5.74) is 3.17. The second-order valence-electron chi connectivity index (χ2n) is 3.16. The van der Waals surface area contributed by atoms with Gasteiger partial charge in [-0.2, -0.15) is 13.2 Å². The maximum Gasteiger partial charge on any atom is 0.441 e. The van der Waals surface area contributed by atoms with Gasteiger partial charge in [-0.25, -0.2) is 0 Å². The number of halogens is 3. The summed E-state index contributed by atoms with van der Waals surface area (Å²) >= 11 is 1.42. The first-order valence-electron chi connectivity index (χ1n) is 4.58. The summed E-state index contributed by atoms with van der Waals surface area (Å²) in [4.78, 5) is 0.953. The molecule has 1 nitrogen and oxygen atoms in total. The molecule has 1 aromatic rings. The predicted molar refractivity (Wildman–Crippen MR) is 64.8 cm³/mol. The van der Waals surface area contributed by atoms with Crippen LogP contribution in [-0.4, -0.2) is 17.0 Å². The van der Waals surface area contributed by atoms with Gasteiger partial charge in [-0.3, -0.25) is 0 Å². The molecule has 0 unspecified atom stereocenters. The van der Waals surface area contributed by atoms with E-state index in [1.807, 2.05) is 19.1 Å². The second-order valence-corrected chi connectivity index (χ2v) is 5.49. The van der Waals surface area contributed by atoms with Gasteiger partial charge >= 0.3 is 5.51 Å². The Hall–Kier alpha value is -0.490. The monoisotopic (exact) mass is 267 g/mol. The molecule has 6 heteroatoms. The van der Waals surface area contributed by atoms with Crippen molar-refractivity contribution in [3.8, 4) is 0 Å². The van der Waals surface area contributed by atoms with E-state index in [1.165, 1.54) is 11.8 Å². The molecule has 0 bridgehead atoms. The normalized spacial score (nSPS) is 11.8. The molecule has 1 rings (SSSR count). The van der Waals surface area contributed by atoms with Crippen molar-refractivity contribution in [3.63, 3.8) is 0 Å². The van der Waals surface area contributed by atoms with Crippen molar-refractivity contribution in [2.45, 2.75) is 17.3 Å². The predicted octanol–water partition coefficient (Wildman–Crippen LogP) is 3.92. The van der Waals surface area contributed by atoms with Gasteiger partial charge in [-0.1, -0.05) is 11.8 Å². The van der Waals surface area contributed by atoms with E-state index in [2.05, 4.69) is 0 Å². The topological polar surface area (TPSA) is 26.0 Å². The van der Waals surface area contributed by atoms with Gasteiger partial charge in [-0.05, 0) is 30.7 Å². The number of hydrogen-bond acceptors (Lipinski definition) is 3. The number of alkyl halides is 3. The Bertz CT molecular complexity index is 352. The van der Waals surface area contributed by atoms with E-state index in [9.17, 15) is 13.2 Å². The van der Waals surface area contributed by atoms with Gasteiger partial charge in [0.05, 0.1) is 0 Å². The van der Waals surface area contributed by atoms with E-state index in [1.54, 1.807) is 6.07 Å². The molecule has 0 spiro atoms. The third-order valence-electron chi connectivity index (χ3n) is 1.86. The molecule has 0 amide bonds. The maximum atomic E-state index is 11.8. The molecule has 0 saturated carbocycles. The summed E-state index contributed by atoms with van der Waals surface area (Å²) in [7, 11) is 0. The Labute approximate surface area is 101 Å². The number of nitrogen functional groups attached to an aromatic ring is 1. The van der Waals surface area contributed by atoms with E-state index in [0.717, 1.165) is 10.5 Å². The number of nitrogens with two attached hydrogens (primary N) is 1. The van der Waals surface area contributed by atoms with Gasteiger partial charge in [0.15, 0.2) is 0 Å². The molecule has 0 aliphatic heterocycles. The fraction of sp³-hybridized carbons (Fsp3) is 0.400. The number of benzene rings is 1. The van der Waals surface area contributed by atoms with Crippen LogP contribution in [0.15, 0.2) is 23.1 Å². The summed E-state index contributed by atoms with van der Waals surface area (Å²) < 4.78 is 35.5. The minimum absolute atomic E-state index is 0.0146. The van der Waals surface area contributed by atoms with Gasteiger partial charge in [0.2, 0.25) is 0 Å². The van der Waals surface area contributed by atoms with E-state index in [-0.39, 0.29) is 17.5 Å². The molecule has 1 aromatic carbocycles. The minimum atomic E-state index is -4.13. The molecule has 0 saturated heterocycles. The highest BCUT2D eigenvalue weighted by atomic mass is 32.2. The standard InChI is InChI=1S/C10H12F3NS2/c1-7-6-8(2-3-9(7)14)15-4-5-16-10(11,12)13/h2-3,6H,4-5,14H2,1H3. The van der Waals surface area contributed by atoms with Crippen molar-refractivity contribution in [1.29, 1.82) is 0 Å². The molecule has 0 radical (unpaired) electrons. The van der Waals surface area contributed by atoms with E-state index >= 15 is 0 Å². The Kier molecular flexibility index (Phi) is 4.86. The van der Waals surface area contributed by atoms with Crippen LogP contribution in [0.2, 0.25) is 0 Å². The zero-order chi connectivity index (χ0) is 12.2. The first-order valence-corrected chi connectivity index (χ1v) is 6.55. The van der Waals surface area contributed by atoms with Crippen molar-refractivity contribution < 1.29 is 13.2 Å². The average molecular weight is 267 g/mol. The Morgan fingerprint density at radius 3 is 2.50 bits per heavy atom. The van der Waals surface area contributed by atoms with Gasteiger partial charge in [0.25, 0.3) is 0 Å². The second kappa shape index (κ2) is 5.72. The number of thioether (sulfide) groups is 2. The lowest BCUT2D eigenvalue weighted by Gasteiger charge is -2.06. The number of hydrogen-bond donors (Lipinski definition) is 1. The quantitative estimate of drug-likeness (QED) is 0.508. The smallest absolute Gasteiger partial charge is 0.399 e. The van der Waals surface area contributed by atoms with Crippen LogP contribution in [-0.2, 0) is 0 Å². The van der Waals surface area contributed by atoms with Crippen LogP contribution < -0.4 is 5.73 Å². The lowest BCUT2D eigenvalue weighted by atomic mass is 10.2. The molecule has 0 heterocycles. The molecule has 0 aliphatic rings. The summed E-state index contributed by atoms with van der Waals surface area (Å²) in [5, 5.41) is 0. The van der Waals surface area contributed by atoms with Crippen LogP contribution in [0.25, 0.3) is 0 Å². The van der Waals surface area contributed by atoms with Crippen LogP contribution in [0.5, 0.6) is 0 Å². The highest BCUT2D eigenvalue weighted by Gasteiger charge is 2.27. The lowest BCUT2D eigenvalue weighted by molar-refractivity contribution is -0.0326. The number of anilines is 1. The van der Waals surface area contributed by atoms with Crippen molar-refractivity contribution >= 4 is 29.2 Å². The number of aryl methyl sites for hydroxylation is 1. The van der Waals surface area contributed by atoms with Crippen molar-refractivity contribution in [2.75, 3.05) is 17.2 Å². The Morgan fingerprint density at radius 2 is 1.94 bits per heavy atom. The molecular formula is C10H12F3NS2. The minimum Gasteiger partial charge on any atom is -0.399 e. The Morgan fingerprint density at radius 1 is 1.25 bits per heavy atom. The summed E-state index contributed by atoms with van der Waals surface area (Å²) in [6, 6.07) is 5.48. The number of rotatable bonds is 4. The molecule has 0 aliphatic carbocycles. The molecule has 0 aromatic heterocycles. The van der Waals surface area contributed by atoms with Crippen LogP contribution >= 0.6 is 23.5 Å². The van der Waals surface area contributed by atoms with E-state index in [0.29, 0.717) is 11.4 Å². The molecule has 0 atom stereocenters. The van der Waals surface area contributed by atoms with E-state index in [4.69, 9.17) is 5.73 Å². The molecule has 90 valence electrons. The zero-order valence-electron chi connectivity index (χ0n) is 8.67. The third kappa shape index (κ3) is 5.03. The van der Waals surface area contributed by atoms with Crippen molar-refractivity contribution in [3.05, 3.63) is 23.8 Å². The van der Waals surface area contributed by atoms with Crippen molar-refractivity contribution in [1.82, 2.24) is 0 Å². The molecular weight excluding hydrogens is 255 g/mol. The fourth-order valence-corrected chi connectivity index (χ4v) is 2.61. The first kappa shape index (κ1) is 13.6. The van der Waals surface area contributed by atoms with Gasteiger partial charge in [-0.15, -0.1) is 11.8 Å². The highest BCUT2D eigenvalue weighted by Crippen LogP contribution is 2.31. The van der Waals surface area contributed by atoms with E-state index < -0.39 is 5.51 Å². The van der Waals surface area contributed by atoms with Gasteiger partial charge in [0.1, 0.15) is 0 Å². The molecule has 2 N–H and O–H groups in total. The van der Waals surface area contributed by atoms with Gasteiger partial charge < -0.3 is 5.73 Å². The van der Waals surface area contributed by atoms with Gasteiger partial charge in [0, 0.05) is 22.1 Å². The first-order chi connectivity index (χ1) is 7.38. The summed E-state index contributed by atoms with van der Waals surface area (Å²) in [5.74, 6) is 0.505. The zero-order valence-corrected chi connectivity index (χ0v) is 10.3. The largest absolute Gasteiger partial charge is 0.441 e. The van der Waals surface area contributed by atoms with Crippen LogP contribution in [0.4, 0.5) is 18.9 Å². The SMILES string of the molecule is Cc1cc(SCCSC(F)(F)F)ccc1N.